The molecule has 0 aliphatic heterocycles. The summed E-state index contributed by atoms with van der Waals surface area (Å²) in [6.45, 7) is 8.73. The number of hydrogen-bond acceptors (Lipinski definition) is 4. The fourth-order valence-corrected chi connectivity index (χ4v) is 2.24. The summed E-state index contributed by atoms with van der Waals surface area (Å²) in [5.41, 5.74) is 2.20. The van der Waals surface area contributed by atoms with Crippen molar-refractivity contribution in [2.75, 3.05) is 31.7 Å². The van der Waals surface area contributed by atoms with E-state index in [1.54, 1.807) is 0 Å². The van der Waals surface area contributed by atoms with Gasteiger partial charge in [0, 0.05) is 12.3 Å². The second kappa shape index (κ2) is 9.83. The van der Waals surface area contributed by atoms with Crippen molar-refractivity contribution in [3.8, 4) is 11.5 Å². The molecule has 4 heteroatoms. The molecule has 0 saturated heterocycles. The van der Waals surface area contributed by atoms with Crippen LogP contribution in [0.1, 0.15) is 19.4 Å². The maximum atomic E-state index is 5.97. The molecule has 0 aliphatic carbocycles. The van der Waals surface area contributed by atoms with Crippen LogP contribution in [0.2, 0.25) is 0 Å². The Kier molecular flexibility index (Phi) is 7.43. The number of benzene rings is 2. The predicted octanol–water partition coefficient (Wildman–Crippen LogP) is 4.29. The highest BCUT2D eigenvalue weighted by molar-refractivity contribution is 5.46. The lowest BCUT2D eigenvalue weighted by atomic mass is 10.2. The lowest BCUT2D eigenvalue weighted by Gasteiger charge is -2.17. The average Bonchev–Trinajstić information content (AvgIpc) is 2.60. The largest absolute Gasteiger partial charge is 0.491 e. The van der Waals surface area contributed by atoms with Crippen LogP contribution >= 0.6 is 0 Å². The zero-order valence-corrected chi connectivity index (χ0v) is 14.7. The molecule has 130 valence electrons. The van der Waals surface area contributed by atoms with Crippen molar-refractivity contribution in [2.45, 2.75) is 26.9 Å². The molecule has 0 radical (unpaired) electrons. The van der Waals surface area contributed by atoms with Gasteiger partial charge >= 0.3 is 0 Å². The molecule has 0 spiro atoms. The Labute approximate surface area is 144 Å². The number of para-hydroxylation sites is 1. The summed E-state index contributed by atoms with van der Waals surface area (Å²) in [5, 5.41) is 3.38. The normalized spacial score (nSPS) is 11.8. The van der Waals surface area contributed by atoms with Gasteiger partial charge < -0.3 is 19.5 Å². The van der Waals surface area contributed by atoms with Crippen molar-refractivity contribution in [3.63, 3.8) is 0 Å². The van der Waals surface area contributed by atoms with Gasteiger partial charge in [0.1, 0.15) is 24.2 Å². The molecule has 2 rings (SSSR count). The molecule has 0 fully saturated rings. The van der Waals surface area contributed by atoms with E-state index in [1.807, 2.05) is 49.4 Å². The highest BCUT2D eigenvalue weighted by atomic mass is 16.5. The number of rotatable bonds is 10. The second-order valence-electron chi connectivity index (χ2n) is 5.64. The minimum absolute atomic E-state index is 0.0771. The Hall–Kier alpha value is -2.20. The third-order valence-electron chi connectivity index (χ3n) is 3.57. The smallest absolute Gasteiger partial charge is 0.122 e. The standard InChI is InChI=1S/C20H27NO3/c1-4-22-13-14-23-19-11-9-18(10-12-19)21-15-17(3)24-20-8-6-5-7-16(20)2/h5-12,17,21H,4,13-15H2,1-3H3. The Morgan fingerprint density at radius 3 is 2.46 bits per heavy atom. The molecule has 24 heavy (non-hydrogen) atoms. The van der Waals surface area contributed by atoms with E-state index in [1.165, 1.54) is 0 Å². The van der Waals surface area contributed by atoms with Crippen LogP contribution in [0, 0.1) is 6.92 Å². The molecule has 0 aliphatic rings. The van der Waals surface area contributed by atoms with Gasteiger partial charge in [0.05, 0.1) is 13.2 Å². The van der Waals surface area contributed by atoms with Crippen LogP contribution in [0.5, 0.6) is 11.5 Å². The number of nitrogens with one attached hydrogen (secondary N) is 1. The number of aryl methyl sites for hydroxylation is 1. The van der Waals surface area contributed by atoms with Crippen LogP contribution in [-0.2, 0) is 4.74 Å². The number of hydrogen-bond donors (Lipinski definition) is 1. The third kappa shape index (κ3) is 6.13. The molecule has 0 saturated carbocycles. The van der Waals surface area contributed by atoms with Gasteiger partial charge in [0.15, 0.2) is 0 Å². The molecule has 2 aromatic carbocycles. The summed E-state index contributed by atoms with van der Waals surface area (Å²) in [4.78, 5) is 0. The molecular formula is C20H27NO3. The first-order valence-electron chi connectivity index (χ1n) is 8.45. The summed E-state index contributed by atoms with van der Waals surface area (Å²) in [6.07, 6.45) is 0.0771. The molecule has 0 heterocycles. The maximum Gasteiger partial charge on any atom is 0.122 e. The van der Waals surface area contributed by atoms with Gasteiger partial charge in [-0.15, -0.1) is 0 Å². The molecule has 1 atom stereocenters. The van der Waals surface area contributed by atoms with E-state index in [0.29, 0.717) is 13.2 Å². The van der Waals surface area contributed by atoms with E-state index in [2.05, 4.69) is 25.2 Å². The summed E-state index contributed by atoms with van der Waals surface area (Å²) in [6, 6.07) is 16.0. The average molecular weight is 329 g/mol. The Morgan fingerprint density at radius 1 is 1.00 bits per heavy atom. The molecule has 1 N–H and O–H groups in total. The molecule has 0 bridgehead atoms. The van der Waals surface area contributed by atoms with E-state index >= 15 is 0 Å². The van der Waals surface area contributed by atoms with E-state index in [9.17, 15) is 0 Å². The first-order chi connectivity index (χ1) is 11.7. The van der Waals surface area contributed by atoms with Gasteiger partial charge in [0.25, 0.3) is 0 Å². The second-order valence-corrected chi connectivity index (χ2v) is 5.64. The van der Waals surface area contributed by atoms with Gasteiger partial charge in [-0.1, -0.05) is 18.2 Å². The number of ether oxygens (including phenoxy) is 3. The van der Waals surface area contributed by atoms with Crippen molar-refractivity contribution in [2.24, 2.45) is 0 Å². The topological polar surface area (TPSA) is 39.7 Å². The zero-order valence-electron chi connectivity index (χ0n) is 14.7. The van der Waals surface area contributed by atoms with Gasteiger partial charge in [-0.3, -0.25) is 0 Å². The minimum atomic E-state index is 0.0771. The third-order valence-corrected chi connectivity index (χ3v) is 3.57. The summed E-state index contributed by atoms with van der Waals surface area (Å²) >= 11 is 0. The minimum Gasteiger partial charge on any atom is -0.491 e. The summed E-state index contributed by atoms with van der Waals surface area (Å²) in [7, 11) is 0. The van der Waals surface area contributed by atoms with Gasteiger partial charge in [-0.2, -0.15) is 0 Å². The molecule has 2 aromatic rings. The molecule has 0 amide bonds. The van der Waals surface area contributed by atoms with Crippen LogP contribution in [-0.4, -0.2) is 32.5 Å². The van der Waals surface area contributed by atoms with E-state index in [4.69, 9.17) is 14.2 Å². The lowest BCUT2D eigenvalue weighted by molar-refractivity contribution is 0.110. The van der Waals surface area contributed by atoms with Crippen LogP contribution in [0.4, 0.5) is 5.69 Å². The highest BCUT2D eigenvalue weighted by Crippen LogP contribution is 2.19. The van der Waals surface area contributed by atoms with Gasteiger partial charge in [0.2, 0.25) is 0 Å². The Balaban J connectivity index is 1.74. The highest BCUT2D eigenvalue weighted by Gasteiger charge is 2.06. The SMILES string of the molecule is CCOCCOc1ccc(NCC(C)Oc2ccccc2C)cc1. The molecule has 0 aromatic heterocycles. The molecule has 1 unspecified atom stereocenters. The van der Waals surface area contributed by atoms with Crippen LogP contribution in [0.3, 0.4) is 0 Å². The fourth-order valence-electron chi connectivity index (χ4n) is 2.24. The quantitative estimate of drug-likeness (QED) is 0.660. The van der Waals surface area contributed by atoms with Gasteiger partial charge in [-0.25, -0.2) is 0 Å². The molecule has 4 nitrogen and oxygen atoms in total. The summed E-state index contributed by atoms with van der Waals surface area (Å²) < 4.78 is 16.8. The van der Waals surface area contributed by atoms with Crippen molar-refractivity contribution in [1.82, 2.24) is 0 Å². The van der Waals surface area contributed by atoms with Crippen molar-refractivity contribution >= 4 is 5.69 Å². The number of anilines is 1. The lowest BCUT2D eigenvalue weighted by Crippen LogP contribution is -2.22. The first kappa shape index (κ1) is 18.1. The zero-order chi connectivity index (χ0) is 17.2. The molecular weight excluding hydrogens is 302 g/mol. The predicted molar refractivity (Wildman–Crippen MR) is 98.2 cm³/mol. The van der Waals surface area contributed by atoms with Gasteiger partial charge in [-0.05, 0) is 56.7 Å². The van der Waals surface area contributed by atoms with Crippen molar-refractivity contribution in [3.05, 3.63) is 54.1 Å². The van der Waals surface area contributed by atoms with E-state index in [0.717, 1.165) is 35.9 Å². The van der Waals surface area contributed by atoms with Crippen molar-refractivity contribution < 1.29 is 14.2 Å². The van der Waals surface area contributed by atoms with E-state index < -0.39 is 0 Å². The fraction of sp³-hybridized carbons (Fsp3) is 0.400. The van der Waals surface area contributed by atoms with E-state index in [-0.39, 0.29) is 6.10 Å². The van der Waals surface area contributed by atoms with Crippen LogP contribution in [0.25, 0.3) is 0 Å². The van der Waals surface area contributed by atoms with Crippen LogP contribution < -0.4 is 14.8 Å². The summed E-state index contributed by atoms with van der Waals surface area (Å²) in [5.74, 6) is 1.79. The Bertz CT molecular complexity index is 598. The monoisotopic (exact) mass is 329 g/mol. The van der Waals surface area contributed by atoms with Crippen LogP contribution in [0.15, 0.2) is 48.5 Å². The first-order valence-corrected chi connectivity index (χ1v) is 8.45. The maximum absolute atomic E-state index is 5.97. The van der Waals surface area contributed by atoms with Crippen molar-refractivity contribution in [1.29, 1.82) is 0 Å². The Morgan fingerprint density at radius 2 is 1.75 bits per heavy atom.